The maximum absolute atomic E-state index is 11.5. The van der Waals surface area contributed by atoms with E-state index < -0.39 is 0 Å². The lowest BCUT2D eigenvalue weighted by atomic mass is 10.1. The number of hydrogen-bond donors (Lipinski definition) is 2. The minimum atomic E-state index is -0.198. The number of carbonyl (C=O) groups is 2. The van der Waals surface area contributed by atoms with Gasteiger partial charge in [0.05, 0.1) is 6.54 Å². The van der Waals surface area contributed by atoms with Crippen molar-refractivity contribution in [3.8, 4) is 0 Å². The second-order valence-electron chi connectivity index (χ2n) is 4.51. The standard InChI is InChI=1S/C13H19N3O2/c1-10(2)6-12(17)16-9-13(18)15-8-11-4-3-5-14-7-11/h3-5,7,10H,6,8-9H2,1-2H3,(H,15,18)(H,16,17). The van der Waals surface area contributed by atoms with Gasteiger partial charge in [-0.3, -0.25) is 14.6 Å². The smallest absolute Gasteiger partial charge is 0.239 e. The van der Waals surface area contributed by atoms with Crippen LogP contribution in [0.2, 0.25) is 0 Å². The van der Waals surface area contributed by atoms with Crippen LogP contribution in [0.15, 0.2) is 24.5 Å². The van der Waals surface area contributed by atoms with E-state index in [0.717, 1.165) is 5.56 Å². The Morgan fingerprint density at radius 1 is 1.28 bits per heavy atom. The summed E-state index contributed by atoms with van der Waals surface area (Å²) in [7, 11) is 0. The largest absolute Gasteiger partial charge is 0.350 e. The van der Waals surface area contributed by atoms with Crippen molar-refractivity contribution in [1.29, 1.82) is 0 Å². The number of pyridine rings is 1. The highest BCUT2D eigenvalue weighted by Crippen LogP contribution is 1.97. The molecule has 0 spiro atoms. The van der Waals surface area contributed by atoms with Crippen LogP contribution < -0.4 is 10.6 Å². The molecule has 5 nitrogen and oxygen atoms in total. The van der Waals surface area contributed by atoms with E-state index in [4.69, 9.17) is 0 Å². The third-order valence-corrected chi connectivity index (χ3v) is 2.25. The Morgan fingerprint density at radius 3 is 2.67 bits per heavy atom. The van der Waals surface area contributed by atoms with E-state index in [9.17, 15) is 9.59 Å². The molecule has 2 N–H and O–H groups in total. The molecule has 1 rings (SSSR count). The molecule has 0 aliphatic heterocycles. The highest BCUT2D eigenvalue weighted by molar-refractivity contribution is 5.84. The number of rotatable bonds is 6. The van der Waals surface area contributed by atoms with Crippen LogP contribution in [0.1, 0.15) is 25.8 Å². The highest BCUT2D eigenvalue weighted by atomic mass is 16.2. The maximum atomic E-state index is 11.5. The van der Waals surface area contributed by atoms with E-state index in [1.54, 1.807) is 12.4 Å². The van der Waals surface area contributed by atoms with Crippen molar-refractivity contribution in [2.45, 2.75) is 26.8 Å². The fourth-order valence-corrected chi connectivity index (χ4v) is 1.39. The zero-order valence-electron chi connectivity index (χ0n) is 10.8. The van der Waals surface area contributed by atoms with E-state index in [-0.39, 0.29) is 18.4 Å². The normalized spacial score (nSPS) is 10.2. The van der Waals surface area contributed by atoms with Crippen LogP contribution >= 0.6 is 0 Å². The summed E-state index contributed by atoms with van der Waals surface area (Å²) in [5, 5.41) is 5.30. The topological polar surface area (TPSA) is 71.1 Å². The Hall–Kier alpha value is -1.91. The third kappa shape index (κ3) is 5.98. The lowest BCUT2D eigenvalue weighted by Crippen LogP contribution is -2.36. The SMILES string of the molecule is CC(C)CC(=O)NCC(=O)NCc1cccnc1. The molecular weight excluding hydrogens is 230 g/mol. The molecule has 1 aromatic rings. The van der Waals surface area contributed by atoms with Crippen LogP contribution in [0, 0.1) is 5.92 Å². The lowest BCUT2D eigenvalue weighted by molar-refractivity contribution is -0.126. The van der Waals surface area contributed by atoms with Gasteiger partial charge in [0.1, 0.15) is 0 Å². The van der Waals surface area contributed by atoms with Crippen molar-refractivity contribution in [2.75, 3.05) is 6.54 Å². The minimum absolute atomic E-state index is 0.0197. The molecule has 1 aromatic heterocycles. The second kappa shape index (κ2) is 7.42. The molecule has 0 aromatic carbocycles. The van der Waals surface area contributed by atoms with Gasteiger partial charge in [-0.1, -0.05) is 19.9 Å². The zero-order chi connectivity index (χ0) is 13.4. The van der Waals surface area contributed by atoms with Crippen molar-refractivity contribution < 1.29 is 9.59 Å². The summed E-state index contributed by atoms with van der Waals surface area (Å²) < 4.78 is 0. The van der Waals surface area contributed by atoms with Crippen molar-refractivity contribution in [2.24, 2.45) is 5.92 Å². The van der Waals surface area contributed by atoms with E-state index in [1.165, 1.54) is 0 Å². The van der Waals surface area contributed by atoms with Gasteiger partial charge >= 0.3 is 0 Å². The fraction of sp³-hybridized carbons (Fsp3) is 0.462. The van der Waals surface area contributed by atoms with Crippen molar-refractivity contribution in [1.82, 2.24) is 15.6 Å². The first-order valence-electron chi connectivity index (χ1n) is 6.00. The van der Waals surface area contributed by atoms with E-state index in [0.29, 0.717) is 18.9 Å². The van der Waals surface area contributed by atoms with E-state index in [2.05, 4.69) is 15.6 Å². The molecular formula is C13H19N3O2. The summed E-state index contributed by atoms with van der Waals surface area (Å²) in [6.45, 7) is 4.36. The Morgan fingerprint density at radius 2 is 2.06 bits per heavy atom. The first kappa shape index (κ1) is 14.2. The van der Waals surface area contributed by atoms with Gasteiger partial charge in [0, 0.05) is 25.4 Å². The minimum Gasteiger partial charge on any atom is -0.350 e. The Kier molecular flexibility index (Phi) is 5.84. The molecule has 0 radical (unpaired) electrons. The molecule has 5 heteroatoms. The Bertz CT molecular complexity index is 390. The van der Waals surface area contributed by atoms with Gasteiger partial charge in [0.2, 0.25) is 11.8 Å². The first-order valence-corrected chi connectivity index (χ1v) is 6.00. The molecule has 98 valence electrons. The quantitative estimate of drug-likeness (QED) is 0.785. The van der Waals surface area contributed by atoms with Gasteiger partial charge in [-0.15, -0.1) is 0 Å². The highest BCUT2D eigenvalue weighted by Gasteiger charge is 2.07. The third-order valence-electron chi connectivity index (χ3n) is 2.25. The van der Waals surface area contributed by atoms with Crippen molar-refractivity contribution >= 4 is 11.8 Å². The van der Waals surface area contributed by atoms with Crippen LogP contribution in [-0.4, -0.2) is 23.3 Å². The number of amides is 2. The average molecular weight is 249 g/mol. The molecule has 0 aliphatic rings. The average Bonchev–Trinajstić information content (AvgIpc) is 2.34. The van der Waals surface area contributed by atoms with Crippen LogP contribution in [-0.2, 0) is 16.1 Å². The first-order chi connectivity index (χ1) is 8.58. The van der Waals surface area contributed by atoms with Gasteiger partial charge in [-0.2, -0.15) is 0 Å². The van der Waals surface area contributed by atoms with Crippen molar-refractivity contribution in [3.63, 3.8) is 0 Å². The molecule has 0 fully saturated rings. The van der Waals surface area contributed by atoms with Crippen LogP contribution in [0.5, 0.6) is 0 Å². The fourth-order valence-electron chi connectivity index (χ4n) is 1.39. The van der Waals surface area contributed by atoms with Crippen LogP contribution in [0.3, 0.4) is 0 Å². The summed E-state index contributed by atoms with van der Waals surface area (Å²) in [6, 6.07) is 3.69. The van der Waals surface area contributed by atoms with Gasteiger partial charge in [-0.05, 0) is 17.5 Å². The number of nitrogens with zero attached hydrogens (tertiary/aromatic N) is 1. The summed E-state index contributed by atoms with van der Waals surface area (Å²) in [5.41, 5.74) is 0.930. The number of aromatic nitrogens is 1. The van der Waals surface area contributed by atoms with E-state index in [1.807, 2.05) is 26.0 Å². The van der Waals surface area contributed by atoms with Gasteiger partial charge in [0.25, 0.3) is 0 Å². The summed E-state index contributed by atoms with van der Waals surface area (Å²) in [6.07, 6.45) is 3.81. The molecule has 0 bridgehead atoms. The predicted molar refractivity (Wildman–Crippen MR) is 68.5 cm³/mol. The molecule has 2 amide bonds. The number of nitrogens with one attached hydrogen (secondary N) is 2. The summed E-state index contributed by atoms with van der Waals surface area (Å²) in [5.74, 6) is 0.000872. The molecule has 0 saturated carbocycles. The number of carbonyl (C=O) groups excluding carboxylic acids is 2. The molecule has 0 saturated heterocycles. The predicted octanol–water partition coefficient (Wildman–Crippen LogP) is 0.860. The van der Waals surface area contributed by atoms with Crippen molar-refractivity contribution in [3.05, 3.63) is 30.1 Å². The van der Waals surface area contributed by atoms with Crippen LogP contribution in [0.25, 0.3) is 0 Å². The van der Waals surface area contributed by atoms with Crippen LogP contribution in [0.4, 0.5) is 0 Å². The van der Waals surface area contributed by atoms with E-state index >= 15 is 0 Å². The summed E-state index contributed by atoms with van der Waals surface area (Å²) in [4.78, 5) is 26.7. The monoisotopic (exact) mass is 249 g/mol. The second-order valence-corrected chi connectivity index (χ2v) is 4.51. The Balaban J connectivity index is 2.20. The molecule has 18 heavy (non-hydrogen) atoms. The summed E-state index contributed by atoms with van der Waals surface area (Å²) >= 11 is 0. The molecule has 0 unspecified atom stereocenters. The lowest BCUT2D eigenvalue weighted by Gasteiger charge is -2.08. The zero-order valence-corrected chi connectivity index (χ0v) is 10.8. The molecule has 0 aliphatic carbocycles. The van der Waals surface area contributed by atoms with Gasteiger partial charge in [0.15, 0.2) is 0 Å². The maximum Gasteiger partial charge on any atom is 0.239 e. The van der Waals surface area contributed by atoms with Gasteiger partial charge < -0.3 is 10.6 Å². The number of hydrogen-bond acceptors (Lipinski definition) is 3. The molecule has 0 atom stereocenters. The molecule has 1 heterocycles. The van der Waals surface area contributed by atoms with Gasteiger partial charge in [-0.25, -0.2) is 0 Å². The Labute approximate surface area is 107 Å².